The highest BCUT2D eigenvalue weighted by atomic mass is 32.2. The summed E-state index contributed by atoms with van der Waals surface area (Å²) in [7, 11) is 0. The number of carbonyl (C=O) groups is 1. The van der Waals surface area contributed by atoms with Crippen LogP contribution in [0.4, 0.5) is 74.6 Å². The van der Waals surface area contributed by atoms with Crippen LogP contribution in [-0.2, 0) is 19.0 Å². The number of ether oxygens (including phenoxy) is 3. The topological polar surface area (TPSA) is 121 Å². The lowest BCUT2D eigenvalue weighted by atomic mass is 9.88. The van der Waals surface area contributed by atoms with Gasteiger partial charge in [-0.3, -0.25) is 0 Å². The van der Waals surface area contributed by atoms with Crippen molar-refractivity contribution < 1.29 is 104 Å². The summed E-state index contributed by atoms with van der Waals surface area (Å²) in [5.74, 6) is -59.1. The molecule has 308 valence electrons. The van der Waals surface area contributed by atoms with Gasteiger partial charge in [0.05, 0.1) is 39.6 Å². The van der Waals surface area contributed by atoms with E-state index >= 15 is 0 Å². The van der Waals surface area contributed by atoms with Gasteiger partial charge in [0, 0.05) is 25.4 Å². The smallest absolute Gasteiger partial charge is 0.460 e. The third-order valence-corrected chi connectivity index (χ3v) is 7.36. The second-order valence-corrected chi connectivity index (χ2v) is 11.6. The number of hydrogen-bond donors (Lipinski definition) is 2. The molecule has 0 aromatic carbocycles. The van der Waals surface area contributed by atoms with Gasteiger partial charge in [0.25, 0.3) is 0 Å². The summed E-state index contributed by atoms with van der Waals surface area (Å²) in [6, 6.07) is 0. The average Bonchev–Trinajstić information content (AvgIpc) is 3.00. The first-order chi connectivity index (χ1) is 23.1. The Hall–Kier alpha value is -1.57. The van der Waals surface area contributed by atoms with Gasteiger partial charge in [0.15, 0.2) is 0 Å². The van der Waals surface area contributed by atoms with E-state index in [4.69, 9.17) is 19.9 Å². The highest BCUT2D eigenvalue weighted by Gasteiger charge is 2.95. The zero-order valence-electron chi connectivity index (χ0n) is 26.7. The van der Waals surface area contributed by atoms with Crippen LogP contribution >= 0.6 is 11.8 Å². The summed E-state index contributed by atoms with van der Waals surface area (Å²) in [5, 5.41) is 10.1. The van der Waals surface area contributed by atoms with Gasteiger partial charge in [-0.1, -0.05) is 6.42 Å². The van der Waals surface area contributed by atoms with Crippen LogP contribution in [0.25, 0.3) is 0 Å². The van der Waals surface area contributed by atoms with Gasteiger partial charge in [-0.15, -0.1) is 0 Å². The summed E-state index contributed by atoms with van der Waals surface area (Å²) in [4.78, 5) is 10.1. The van der Waals surface area contributed by atoms with Crippen molar-refractivity contribution in [1.82, 2.24) is 0 Å². The maximum atomic E-state index is 13.6. The number of nitrogens with two attached hydrogens (primary N) is 1. The van der Waals surface area contributed by atoms with Crippen molar-refractivity contribution in [2.45, 2.75) is 92.6 Å². The molecule has 51 heavy (non-hydrogen) atoms. The molecule has 0 fully saturated rings. The van der Waals surface area contributed by atoms with Crippen LogP contribution in [0.3, 0.4) is 0 Å². The number of carboxylic acid groups (broad SMARTS) is 1. The van der Waals surface area contributed by atoms with Crippen LogP contribution in [0.1, 0.15) is 44.9 Å². The number of aliphatic carboxylic acids is 1. The molecule has 7 nitrogen and oxygen atoms in total. The van der Waals surface area contributed by atoms with Crippen LogP contribution in [0.15, 0.2) is 0 Å². The average molecular weight is 815 g/mol. The van der Waals surface area contributed by atoms with Crippen LogP contribution in [0.5, 0.6) is 0 Å². The molecule has 0 radical (unpaired) electrons. The second kappa shape index (κ2) is 22.0. The van der Waals surface area contributed by atoms with E-state index in [1.54, 1.807) is 0 Å². The molecule has 5 N–H and O–H groups in total. The van der Waals surface area contributed by atoms with Gasteiger partial charge in [-0.2, -0.15) is 86.4 Å². The lowest BCUT2D eigenvalue weighted by Crippen LogP contribution is -2.74. The Labute approximate surface area is 285 Å². The number of alkyl halides is 17. The molecule has 0 aromatic rings. The molecule has 0 aromatic heterocycles. The molecule has 0 aliphatic heterocycles. The number of unbranched alkanes of at least 4 members (excludes halogenated alkanes) is 2. The van der Waals surface area contributed by atoms with E-state index in [2.05, 4.69) is 5.73 Å². The summed E-state index contributed by atoms with van der Waals surface area (Å²) < 4.78 is 239. The van der Waals surface area contributed by atoms with Crippen LogP contribution in [0, 0.1) is 0 Å². The maximum Gasteiger partial charge on any atom is 0.460 e. The maximum absolute atomic E-state index is 13.6. The minimum absolute atomic E-state index is 0.0324. The second-order valence-electron chi connectivity index (χ2n) is 10.4. The molecule has 0 saturated carbocycles. The van der Waals surface area contributed by atoms with Crippen molar-refractivity contribution in [3.63, 3.8) is 0 Å². The van der Waals surface area contributed by atoms with Gasteiger partial charge in [0.2, 0.25) is 0 Å². The van der Waals surface area contributed by atoms with E-state index in [9.17, 15) is 84.5 Å². The summed E-state index contributed by atoms with van der Waals surface area (Å²) in [6.45, 7) is 5.67. The first-order valence-electron chi connectivity index (χ1n) is 14.8. The predicted octanol–water partition coefficient (Wildman–Crippen LogP) is 5.45. The predicted molar refractivity (Wildman–Crippen MR) is 145 cm³/mol. The summed E-state index contributed by atoms with van der Waals surface area (Å²) in [6.07, 6.45) is -8.53. The Balaban J connectivity index is 0. The third kappa shape index (κ3) is 14.3. The first kappa shape index (κ1) is 51.5. The highest BCUT2D eigenvalue weighted by molar-refractivity contribution is 7.99. The number of carboxylic acids is 1. The van der Waals surface area contributed by atoms with E-state index in [1.165, 1.54) is 0 Å². The molecule has 0 aliphatic rings. The molecule has 0 rings (SSSR count). The van der Waals surface area contributed by atoms with E-state index in [1.807, 2.05) is 0 Å². The fraction of sp³-hybridized carbons (Fsp3) is 0.962. The standard InChI is InChI=1S/C16H15F17O2S.C10H24N2O3/c17-9(18,5-7-36-6-3-1-2-4-8(34)35)10(19,20)11(21,22)12(23,24)13(25,26)14(27,28)15(29,30)16(31,32)33;11-3-1-5-13-7-9-15-10-8-14-6-2-4-12/h1-7H2,(H,34,35);1-12H2. The molecule has 0 spiro atoms. The Morgan fingerprint density at radius 1 is 0.549 bits per heavy atom. The highest BCUT2D eigenvalue weighted by Crippen LogP contribution is 2.64. The SMILES string of the molecule is NCCCOCCOCCOCCC[NH3+].O=C([O-])CCCCCSCCC(F)(F)C(F)(F)C(F)(F)C(F)(F)C(F)(F)C(F)(F)C(F)(F)C(F)(F)F. The van der Waals surface area contributed by atoms with Crippen LogP contribution in [-0.4, -0.2) is 118 Å². The summed E-state index contributed by atoms with van der Waals surface area (Å²) in [5.41, 5.74) is 9.05. The van der Waals surface area contributed by atoms with Crippen molar-refractivity contribution in [2.24, 2.45) is 5.73 Å². The van der Waals surface area contributed by atoms with E-state index in [0.29, 0.717) is 33.0 Å². The van der Waals surface area contributed by atoms with Crippen LogP contribution < -0.4 is 16.6 Å². The number of thioether (sulfide) groups is 1. The Morgan fingerprint density at radius 3 is 1.37 bits per heavy atom. The molecular weight excluding hydrogens is 775 g/mol. The lowest BCUT2D eigenvalue weighted by molar-refractivity contribution is -0.461. The molecule has 0 saturated heterocycles. The lowest BCUT2D eigenvalue weighted by Gasteiger charge is -2.42. The van der Waals surface area contributed by atoms with Crippen molar-refractivity contribution in [1.29, 1.82) is 0 Å². The van der Waals surface area contributed by atoms with E-state index < -0.39 is 72.2 Å². The van der Waals surface area contributed by atoms with Gasteiger partial charge >= 0.3 is 47.6 Å². The fourth-order valence-corrected chi connectivity index (χ4v) is 4.25. The first-order valence-corrected chi connectivity index (χ1v) is 16.0. The largest absolute Gasteiger partial charge is 0.550 e. The van der Waals surface area contributed by atoms with Crippen molar-refractivity contribution in [2.75, 3.05) is 64.2 Å². The molecule has 0 unspecified atom stereocenters. The molecule has 0 amide bonds. The number of rotatable bonds is 27. The quantitative estimate of drug-likeness (QED) is 0.0837. The monoisotopic (exact) mass is 814 g/mol. The van der Waals surface area contributed by atoms with Gasteiger partial charge in [-0.05, 0) is 43.7 Å². The Bertz CT molecular complexity index is 965. The molecule has 0 aliphatic carbocycles. The normalized spacial score (nSPS) is 14.0. The van der Waals surface area contributed by atoms with Crippen molar-refractivity contribution in [3.05, 3.63) is 0 Å². The molecule has 25 heteroatoms. The molecule has 0 heterocycles. The Kier molecular flexibility index (Phi) is 22.2. The number of hydrogen-bond acceptors (Lipinski definition) is 7. The molecule has 0 atom stereocenters. The van der Waals surface area contributed by atoms with Gasteiger partial charge < -0.3 is 35.6 Å². The minimum atomic E-state index is -8.62. The Morgan fingerprint density at radius 2 is 0.961 bits per heavy atom. The zero-order chi connectivity index (χ0) is 40.4. The molecular formula is C26H39F17N2O5S. The van der Waals surface area contributed by atoms with Crippen molar-refractivity contribution in [3.8, 4) is 0 Å². The molecule has 0 bridgehead atoms. The fourth-order valence-electron chi connectivity index (χ4n) is 3.24. The van der Waals surface area contributed by atoms with Crippen molar-refractivity contribution >= 4 is 17.7 Å². The number of halogens is 17. The minimum Gasteiger partial charge on any atom is -0.550 e. The van der Waals surface area contributed by atoms with E-state index in [-0.39, 0.29) is 36.8 Å². The number of carbonyl (C=O) groups excluding carboxylic acids is 1. The van der Waals surface area contributed by atoms with E-state index in [0.717, 1.165) is 32.6 Å². The number of quaternary nitrogens is 1. The summed E-state index contributed by atoms with van der Waals surface area (Å²) >= 11 is 0.288. The third-order valence-electron chi connectivity index (χ3n) is 6.29. The van der Waals surface area contributed by atoms with Gasteiger partial charge in [-0.25, -0.2) is 0 Å². The van der Waals surface area contributed by atoms with Crippen LogP contribution in [0.2, 0.25) is 0 Å². The zero-order valence-corrected chi connectivity index (χ0v) is 27.5. The van der Waals surface area contributed by atoms with Gasteiger partial charge in [0.1, 0.15) is 0 Å².